The first-order valence-corrected chi connectivity index (χ1v) is 12.4. The van der Waals surface area contributed by atoms with Crippen molar-refractivity contribution in [1.82, 2.24) is 19.9 Å². The van der Waals surface area contributed by atoms with Crippen molar-refractivity contribution in [3.8, 4) is 0 Å². The molecule has 0 saturated carbocycles. The molecule has 0 spiro atoms. The normalized spacial score (nSPS) is 14.6. The number of sulfonamides is 1. The zero-order valence-electron chi connectivity index (χ0n) is 16.8. The molecule has 30 heavy (non-hydrogen) atoms. The average molecular weight is 451 g/mol. The lowest BCUT2D eigenvalue weighted by atomic mass is 10.2. The van der Waals surface area contributed by atoms with Gasteiger partial charge < -0.3 is 5.32 Å². The van der Waals surface area contributed by atoms with Gasteiger partial charge in [-0.1, -0.05) is 31.2 Å². The maximum Gasteiger partial charge on any atom is 0.262 e. The number of aromatic amines is 1. The van der Waals surface area contributed by atoms with Gasteiger partial charge in [-0.3, -0.25) is 19.6 Å². The summed E-state index contributed by atoms with van der Waals surface area (Å²) in [5.74, 6) is 1.14. The number of amidine groups is 1. The maximum absolute atomic E-state index is 12.7. The third-order valence-corrected chi connectivity index (χ3v) is 6.61. The van der Waals surface area contributed by atoms with E-state index in [-0.39, 0.29) is 16.6 Å². The van der Waals surface area contributed by atoms with E-state index in [0.29, 0.717) is 29.6 Å². The molecule has 0 fully saturated rings. The summed E-state index contributed by atoms with van der Waals surface area (Å²) in [5.41, 5.74) is 0.410. The zero-order valence-corrected chi connectivity index (χ0v) is 18.5. The highest BCUT2D eigenvalue weighted by Crippen LogP contribution is 2.18. The molecule has 2 heterocycles. The highest BCUT2D eigenvalue weighted by Gasteiger charge is 2.18. The van der Waals surface area contributed by atoms with E-state index in [4.69, 9.17) is 0 Å². The quantitative estimate of drug-likeness (QED) is 0.530. The van der Waals surface area contributed by atoms with Crippen molar-refractivity contribution in [3.63, 3.8) is 0 Å². The number of amides is 1. The highest BCUT2D eigenvalue weighted by atomic mass is 32.2. The standard InChI is InChI=1S/C19H26N6O3S2/c1-2-7-17-22-19(24-23-17)29-13-18(26)21-14-8-6-9-15(12-14)30(27,28)25-16-10-4-3-5-11-20-16/h6,8-9,12H,2-5,7,10-11,13H2,1H3,(H,20,25)(H,21,26)(H,22,23,24). The topological polar surface area (TPSA) is 129 Å². The number of aromatic nitrogens is 3. The van der Waals surface area contributed by atoms with Gasteiger partial charge >= 0.3 is 0 Å². The van der Waals surface area contributed by atoms with Crippen molar-refractivity contribution in [1.29, 1.82) is 0 Å². The van der Waals surface area contributed by atoms with Gasteiger partial charge in [0.15, 0.2) is 0 Å². The second-order valence-electron chi connectivity index (χ2n) is 6.92. The van der Waals surface area contributed by atoms with Crippen molar-refractivity contribution >= 4 is 39.2 Å². The molecule has 11 heteroatoms. The van der Waals surface area contributed by atoms with Crippen LogP contribution in [0.15, 0.2) is 39.3 Å². The number of H-pyrrole nitrogens is 1. The maximum atomic E-state index is 12.7. The summed E-state index contributed by atoms with van der Waals surface area (Å²) in [7, 11) is -3.75. The molecule has 0 saturated heterocycles. The number of carbonyl (C=O) groups excluding carboxylic acids is 1. The van der Waals surface area contributed by atoms with Gasteiger partial charge in [-0.05, 0) is 37.5 Å². The number of carbonyl (C=O) groups is 1. The fourth-order valence-corrected chi connectivity index (χ4v) is 4.68. The predicted octanol–water partition coefficient (Wildman–Crippen LogP) is 2.74. The molecule has 1 aromatic carbocycles. The summed E-state index contributed by atoms with van der Waals surface area (Å²) < 4.78 is 28.0. The zero-order chi connectivity index (χ0) is 21.4. The first kappa shape index (κ1) is 22.3. The fraction of sp³-hybridized carbons (Fsp3) is 0.474. The van der Waals surface area contributed by atoms with Crippen LogP contribution in [0.2, 0.25) is 0 Å². The van der Waals surface area contributed by atoms with Gasteiger partial charge in [-0.2, -0.15) is 0 Å². The van der Waals surface area contributed by atoms with Gasteiger partial charge in [0.1, 0.15) is 11.7 Å². The third kappa shape index (κ3) is 6.56. The van der Waals surface area contributed by atoms with Crippen LogP contribution in [0.25, 0.3) is 0 Å². The van der Waals surface area contributed by atoms with Crippen LogP contribution in [-0.2, 0) is 21.2 Å². The SMILES string of the molecule is CCCc1nc(SCC(=O)Nc2cccc(S(=O)(=O)NC3=NCCCCC3)c2)n[nH]1. The highest BCUT2D eigenvalue weighted by molar-refractivity contribution is 7.99. The monoisotopic (exact) mass is 450 g/mol. The number of hydrogen-bond donors (Lipinski definition) is 3. The Morgan fingerprint density at radius 3 is 2.97 bits per heavy atom. The van der Waals surface area contributed by atoms with Crippen molar-refractivity contribution < 1.29 is 13.2 Å². The number of benzene rings is 1. The molecule has 0 aliphatic carbocycles. The Hall–Kier alpha value is -2.40. The molecular weight excluding hydrogens is 424 g/mol. The summed E-state index contributed by atoms with van der Waals surface area (Å²) in [5, 5.41) is 10.1. The van der Waals surface area contributed by atoms with Gasteiger partial charge in [-0.15, -0.1) is 5.10 Å². The molecule has 1 aromatic heterocycles. The van der Waals surface area contributed by atoms with Gasteiger partial charge in [0, 0.05) is 25.1 Å². The van der Waals surface area contributed by atoms with E-state index in [1.165, 1.54) is 23.9 Å². The number of hydrogen-bond acceptors (Lipinski definition) is 7. The van der Waals surface area contributed by atoms with Crippen LogP contribution in [-0.4, -0.2) is 47.6 Å². The molecular formula is C19H26N6O3S2. The molecule has 0 unspecified atom stereocenters. The lowest BCUT2D eigenvalue weighted by Gasteiger charge is -2.11. The van der Waals surface area contributed by atoms with E-state index < -0.39 is 10.0 Å². The van der Waals surface area contributed by atoms with Gasteiger partial charge in [-0.25, -0.2) is 13.4 Å². The van der Waals surface area contributed by atoms with Crippen LogP contribution >= 0.6 is 11.8 Å². The van der Waals surface area contributed by atoms with Crippen LogP contribution in [0.5, 0.6) is 0 Å². The Bertz CT molecular complexity index is 1000. The van der Waals surface area contributed by atoms with Crippen molar-refractivity contribution in [2.75, 3.05) is 17.6 Å². The summed E-state index contributed by atoms with van der Waals surface area (Å²) in [4.78, 5) is 20.9. The van der Waals surface area contributed by atoms with Crippen LogP contribution in [0.3, 0.4) is 0 Å². The molecule has 0 bridgehead atoms. The van der Waals surface area contributed by atoms with E-state index in [9.17, 15) is 13.2 Å². The summed E-state index contributed by atoms with van der Waals surface area (Å²) >= 11 is 1.22. The Balaban J connectivity index is 1.58. The average Bonchev–Trinajstić information content (AvgIpc) is 3.01. The van der Waals surface area contributed by atoms with Crippen molar-refractivity contribution in [3.05, 3.63) is 30.1 Å². The lowest BCUT2D eigenvalue weighted by Crippen LogP contribution is -2.30. The van der Waals surface area contributed by atoms with Crippen molar-refractivity contribution in [2.45, 2.75) is 55.5 Å². The number of nitrogens with one attached hydrogen (secondary N) is 3. The molecule has 2 aromatic rings. The second kappa shape index (κ2) is 10.6. The number of aliphatic imine (C=N–C) groups is 1. The minimum atomic E-state index is -3.75. The second-order valence-corrected chi connectivity index (χ2v) is 9.55. The van der Waals surface area contributed by atoms with Gasteiger partial charge in [0.05, 0.1) is 10.6 Å². The molecule has 9 nitrogen and oxygen atoms in total. The minimum absolute atomic E-state index is 0.0816. The van der Waals surface area contributed by atoms with E-state index in [2.05, 4.69) is 37.1 Å². The largest absolute Gasteiger partial charge is 0.325 e. The van der Waals surface area contributed by atoms with E-state index in [1.807, 2.05) is 0 Å². The Kier molecular flexibility index (Phi) is 7.86. The Labute approximate surface area is 180 Å². The Morgan fingerprint density at radius 2 is 2.13 bits per heavy atom. The third-order valence-electron chi connectivity index (χ3n) is 4.38. The molecule has 1 aliphatic heterocycles. The van der Waals surface area contributed by atoms with Crippen LogP contribution in [0.4, 0.5) is 5.69 Å². The lowest BCUT2D eigenvalue weighted by molar-refractivity contribution is -0.113. The van der Waals surface area contributed by atoms with E-state index in [0.717, 1.165) is 37.9 Å². The van der Waals surface area contributed by atoms with Crippen LogP contribution in [0.1, 0.15) is 44.9 Å². The van der Waals surface area contributed by atoms with Crippen molar-refractivity contribution in [2.24, 2.45) is 4.99 Å². The first-order valence-electron chi connectivity index (χ1n) is 9.96. The van der Waals surface area contributed by atoms with Crippen LogP contribution in [0, 0.1) is 0 Å². The number of nitrogens with zero attached hydrogens (tertiary/aromatic N) is 3. The summed E-state index contributed by atoms with van der Waals surface area (Å²) in [6, 6.07) is 6.18. The number of aryl methyl sites for hydroxylation is 1. The van der Waals surface area contributed by atoms with Gasteiger partial charge in [0.25, 0.3) is 10.0 Å². The Morgan fingerprint density at radius 1 is 1.27 bits per heavy atom. The smallest absolute Gasteiger partial charge is 0.262 e. The van der Waals surface area contributed by atoms with Gasteiger partial charge in [0.2, 0.25) is 11.1 Å². The number of anilines is 1. The fourth-order valence-electron chi connectivity index (χ4n) is 2.93. The molecule has 162 valence electrons. The predicted molar refractivity (Wildman–Crippen MR) is 117 cm³/mol. The molecule has 0 atom stereocenters. The summed E-state index contributed by atoms with van der Waals surface area (Å²) in [6.45, 7) is 2.69. The number of rotatable bonds is 8. The van der Waals surface area contributed by atoms with Crippen LogP contribution < -0.4 is 10.0 Å². The van der Waals surface area contributed by atoms with E-state index in [1.54, 1.807) is 12.1 Å². The number of thioether (sulfide) groups is 1. The molecule has 1 amide bonds. The molecule has 3 rings (SSSR count). The first-order chi connectivity index (χ1) is 14.5. The minimum Gasteiger partial charge on any atom is -0.325 e. The van der Waals surface area contributed by atoms with E-state index >= 15 is 0 Å². The molecule has 3 N–H and O–H groups in total. The summed E-state index contributed by atoms with van der Waals surface area (Å²) in [6.07, 6.45) is 5.32. The molecule has 0 radical (unpaired) electrons. The molecule has 1 aliphatic rings.